The van der Waals surface area contributed by atoms with Crippen molar-refractivity contribution in [1.82, 2.24) is 9.62 Å². The van der Waals surface area contributed by atoms with Crippen molar-refractivity contribution < 1.29 is 13.2 Å². The van der Waals surface area contributed by atoms with Crippen LogP contribution in [0.15, 0.2) is 53.4 Å². The number of urea groups is 1. The number of amides is 2. The number of likely N-dealkylation sites (tertiary alicyclic amines) is 1. The molecule has 3 rings (SSSR count). The monoisotopic (exact) mass is 427 g/mol. The number of halogens is 2. The largest absolute Gasteiger partial charge is 0.324 e. The van der Waals surface area contributed by atoms with Crippen LogP contribution in [0.1, 0.15) is 12.8 Å². The van der Waals surface area contributed by atoms with Crippen molar-refractivity contribution >= 4 is 44.9 Å². The molecular formula is C18H19Cl2N3O3S. The summed E-state index contributed by atoms with van der Waals surface area (Å²) in [4.78, 5) is 14.3. The van der Waals surface area contributed by atoms with Crippen LogP contribution in [0.25, 0.3) is 0 Å². The number of hydrogen-bond donors (Lipinski definition) is 2. The summed E-state index contributed by atoms with van der Waals surface area (Å²) in [5.41, 5.74) is 0.557. The van der Waals surface area contributed by atoms with Gasteiger partial charge in [-0.05, 0) is 43.2 Å². The number of rotatable bonds is 4. The normalized spacial score (nSPS) is 15.6. The summed E-state index contributed by atoms with van der Waals surface area (Å²) in [5, 5.41) is 3.56. The molecule has 2 N–H and O–H groups in total. The molecule has 1 fully saturated rings. The fraction of sp³-hybridized carbons (Fsp3) is 0.278. The standard InChI is InChI=1S/C18H19Cl2N3O3S/c19-16-7-6-14(12-17(16)20)21-18(24)23-10-8-13(9-11-23)22-27(25,26)15-4-2-1-3-5-15/h1-7,12-13,22H,8-11H2,(H,21,24). The van der Waals surface area contributed by atoms with E-state index in [1.54, 1.807) is 53.4 Å². The molecular weight excluding hydrogens is 409 g/mol. The summed E-state index contributed by atoms with van der Waals surface area (Å²) in [7, 11) is -3.55. The van der Waals surface area contributed by atoms with Gasteiger partial charge in [0.15, 0.2) is 0 Å². The van der Waals surface area contributed by atoms with Crippen LogP contribution in [-0.4, -0.2) is 38.5 Å². The molecule has 2 amide bonds. The van der Waals surface area contributed by atoms with Gasteiger partial charge in [0.2, 0.25) is 10.0 Å². The van der Waals surface area contributed by atoms with Crippen LogP contribution in [0.2, 0.25) is 10.0 Å². The maximum atomic E-state index is 12.4. The zero-order valence-electron chi connectivity index (χ0n) is 14.4. The lowest BCUT2D eigenvalue weighted by molar-refractivity contribution is 0.193. The molecule has 2 aromatic carbocycles. The van der Waals surface area contributed by atoms with E-state index in [9.17, 15) is 13.2 Å². The van der Waals surface area contributed by atoms with Crippen molar-refractivity contribution in [3.05, 3.63) is 58.6 Å². The Morgan fingerprint density at radius 1 is 1.00 bits per heavy atom. The van der Waals surface area contributed by atoms with Crippen molar-refractivity contribution in [1.29, 1.82) is 0 Å². The van der Waals surface area contributed by atoms with Crippen LogP contribution >= 0.6 is 23.2 Å². The van der Waals surface area contributed by atoms with E-state index < -0.39 is 10.0 Å². The number of carbonyl (C=O) groups is 1. The van der Waals surface area contributed by atoms with Gasteiger partial charge in [-0.15, -0.1) is 0 Å². The maximum absolute atomic E-state index is 12.4. The average Bonchev–Trinajstić information content (AvgIpc) is 2.66. The van der Waals surface area contributed by atoms with Gasteiger partial charge >= 0.3 is 6.03 Å². The highest BCUT2D eigenvalue weighted by atomic mass is 35.5. The number of carbonyl (C=O) groups excluding carboxylic acids is 1. The van der Waals surface area contributed by atoms with E-state index in [2.05, 4.69) is 10.0 Å². The van der Waals surface area contributed by atoms with Gasteiger partial charge in [0.25, 0.3) is 0 Å². The van der Waals surface area contributed by atoms with E-state index in [-0.39, 0.29) is 17.0 Å². The fourth-order valence-corrected chi connectivity index (χ4v) is 4.49. The molecule has 6 nitrogen and oxygen atoms in total. The Kier molecular flexibility index (Phi) is 6.26. The minimum atomic E-state index is -3.55. The minimum Gasteiger partial charge on any atom is -0.324 e. The first-order valence-electron chi connectivity index (χ1n) is 8.43. The zero-order valence-corrected chi connectivity index (χ0v) is 16.7. The number of anilines is 1. The molecule has 27 heavy (non-hydrogen) atoms. The molecule has 1 saturated heterocycles. The first kappa shape index (κ1) is 19.9. The zero-order chi connectivity index (χ0) is 19.4. The molecule has 0 spiro atoms. The highest BCUT2D eigenvalue weighted by molar-refractivity contribution is 7.89. The Morgan fingerprint density at radius 3 is 2.30 bits per heavy atom. The smallest absolute Gasteiger partial charge is 0.321 e. The number of benzene rings is 2. The predicted octanol–water partition coefficient (Wildman–Crippen LogP) is 3.97. The van der Waals surface area contributed by atoms with Gasteiger partial charge in [0.1, 0.15) is 0 Å². The first-order valence-corrected chi connectivity index (χ1v) is 10.7. The Labute approximate surface area is 168 Å². The molecule has 0 bridgehead atoms. The van der Waals surface area contributed by atoms with E-state index in [4.69, 9.17) is 23.2 Å². The average molecular weight is 428 g/mol. The third-order valence-electron chi connectivity index (χ3n) is 4.33. The van der Waals surface area contributed by atoms with Crippen LogP contribution in [-0.2, 0) is 10.0 Å². The van der Waals surface area contributed by atoms with Crippen LogP contribution in [0, 0.1) is 0 Å². The topological polar surface area (TPSA) is 78.5 Å². The quantitative estimate of drug-likeness (QED) is 0.774. The predicted molar refractivity (Wildman–Crippen MR) is 107 cm³/mol. The summed E-state index contributed by atoms with van der Waals surface area (Å²) in [5.74, 6) is 0. The number of nitrogens with zero attached hydrogens (tertiary/aromatic N) is 1. The van der Waals surface area contributed by atoms with Crippen molar-refractivity contribution in [2.24, 2.45) is 0 Å². The van der Waals surface area contributed by atoms with Gasteiger partial charge in [-0.2, -0.15) is 0 Å². The Hall–Kier alpha value is -1.80. The van der Waals surface area contributed by atoms with Crippen LogP contribution in [0.4, 0.5) is 10.5 Å². The van der Waals surface area contributed by atoms with Gasteiger partial charge in [-0.1, -0.05) is 41.4 Å². The Bertz CT molecular complexity index is 915. The lowest BCUT2D eigenvalue weighted by Crippen LogP contribution is -2.47. The minimum absolute atomic E-state index is 0.204. The SMILES string of the molecule is O=C(Nc1ccc(Cl)c(Cl)c1)N1CCC(NS(=O)(=O)c2ccccc2)CC1. The van der Waals surface area contributed by atoms with E-state index in [1.807, 2.05) is 0 Å². The lowest BCUT2D eigenvalue weighted by atomic mass is 10.1. The molecule has 0 unspecified atom stereocenters. The first-order chi connectivity index (χ1) is 12.8. The Morgan fingerprint density at radius 2 is 1.67 bits per heavy atom. The molecule has 0 aliphatic carbocycles. The molecule has 0 atom stereocenters. The summed E-state index contributed by atoms with van der Waals surface area (Å²) in [6, 6.07) is 12.7. The van der Waals surface area contributed by atoms with Crippen molar-refractivity contribution in [2.75, 3.05) is 18.4 Å². The van der Waals surface area contributed by atoms with Gasteiger partial charge in [0.05, 0.1) is 14.9 Å². The van der Waals surface area contributed by atoms with E-state index in [0.29, 0.717) is 41.7 Å². The second-order valence-electron chi connectivity index (χ2n) is 6.25. The molecule has 0 radical (unpaired) electrons. The van der Waals surface area contributed by atoms with Crippen LogP contribution in [0.3, 0.4) is 0 Å². The van der Waals surface area contributed by atoms with Gasteiger partial charge in [-0.25, -0.2) is 17.9 Å². The molecule has 1 aliphatic heterocycles. The second kappa shape index (κ2) is 8.48. The maximum Gasteiger partial charge on any atom is 0.321 e. The number of hydrogen-bond acceptors (Lipinski definition) is 3. The molecule has 0 saturated carbocycles. The summed E-state index contributed by atoms with van der Waals surface area (Å²) < 4.78 is 27.5. The van der Waals surface area contributed by atoms with Crippen molar-refractivity contribution in [3.8, 4) is 0 Å². The summed E-state index contributed by atoms with van der Waals surface area (Å²) >= 11 is 11.8. The molecule has 144 valence electrons. The van der Waals surface area contributed by atoms with E-state index in [0.717, 1.165) is 0 Å². The van der Waals surface area contributed by atoms with Crippen LogP contribution in [0.5, 0.6) is 0 Å². The number of nitrogens with one attached hydrogen (secondary N) is 2. The highest BCUT2D eigenvalue weighted by Gasteiger charge is 2.26. The lowest BCUT2D eigenvalue weighted by Gasteiger charge is -2.32. The fourth-order valence-electron chi connectivity index (χ4n) is 2.86. The third kappa shape index (κ3) is 5.13. The highest BCUT2D eigenvalue weighted by Crippen LogP contribution is 2.25. The number of sulfonamides is 1. The third-order valence-corrected chi connectivity index (χ3v) is 6.60. The van der Waals surface area contributed by atoms with Gasteiger partial charge in [0, 0.05) is 24.8 Å². The van der Waals surface area contributed by atoms with Crippen molar-refractivity contribution in [2.45, 2.75) is 23.8 Å². The number of piperidine rings is 1. The second-order valence-corrected chi connectivity index (χ2v) is 8.78. The van der Waals surface area contributed by atoms with Gasteiger partial charge in [-0.3, -0.25) is 0 Å². The molecule has 9 heteroatoms. The van der Waals surface area contributed by atoms with Crippen molar-refractivity contribution in [3.63, 3.8) is 0 Å². The van der Waals surface area contributed by atoms with Gasteiger partial charge < -0.3 is 10.2 Å². The Balaban J connectivity index is 1.54. The molecule has 2 aromatic rings. The summed E-state index contributed by atoms with van der Waals surface area (Å²) in [6.45, 7) is 0.907. The van der Waals surface area contributed by atoms with E-state index in [1.165, 1.54) is 0 Å². The van der Waals surface area contributed by atoms with E-state index >= 15 is 0 Å². The summed E-state index contributed by atoms with van der Waals surface area (Å²) in [6.07, 6.45) is 1.09. The van der Waals surface area contributed by atoms with Crippen LogP contribution < -0.4 is 10.0 Å². The molecule has 1 aliphatic rings. The molecule has 0 aromatic heterocycles. The molecule has 1 heterocycles.